The van der Waals surface area contributed by atoms with Crippen LogP contribution in [0.3, 0.4) is 0 Å². The summed E-state index contributed by atoms with van der Waals surface area (Å²) < 4.78 is 25.0. The number of carbonyl (C=O) groups is 2. The average Bonchev–Trinajstić information content (AvgIpc) is 2.26. The normalized spacial score (nSPS) is 17.4. The standard InChI is InChI=1S/C11H21N3O5S/c1-3-13-20(18,19)5-4-12-11(17)14-6-9(7-14)8(2)10(15)16/h8-9,13H,3-7H2,1-2H3,(H,12,17)(H,15,16). The van der Waals surface area contributed by atoms with Gasteiger partial charge in [0.25, 0.3) is 0 Å². The van der Waals surface area contributed by atoms with Crippen LogP contribution in [-0.2, 0) is 14.8 Å². The van der Waals surface area contributed by atoms with Gasteiger partial charge in [0.15, 0.2) is 0 Å². The van der Waals surface area contributed by atoms with Crippen molar-refractivity contribution in [3.63, 3.8) is 0 Å². The lowest BCUT2D eigenvalue weighted by Crippen LogP contribution is -2.56. The number of nitrogens with one attached hydrogen (secondary N) is 2. The highest BCUT2D eigenvalue weighted by Gasteiger charge is 2.37. The van der Waals surface area contributed by atoms with Gasteiger partial charge in [0.1, 0.15) is 0 Å². The number of rotatable bonds is 7. The number of carboxylic acids is 1. The van der Waals surface area contributed by atoms with Crippen molar-refractivity contribution in [1.29, 1.82) is 0 Å². The van der Waals surface area contributed by atoms with E-state index in [-0.39, 0.29) is 24.2 Å². The third-order valence-electron chi connectivity index (χ3n) is 3.30. The monoisotopic (exact) mass is 307 g/mol. The second-order valence-corrected chi connectivity index (χ2v) is 6.77. The zero-order valence-corrected chi connectivity index (χ0v) is 12.4. The molecule has 2 amide bonds. The van der Waals surface area contributed by atoms with Crippen LogP contribution in [0.2, 0.25) is 0 Å². The van der Waals surface area contributed by atoms with E-state index in [4.69, 9.17) is 5.11 Å². The highest BCUT2D eigenvalue weighted by molar-refractivity contribution is 7.89. The summed E-state index contributed by atoms with van der Waals surface area (Å²) in [6.45, 7) is 4.42. The van der Waals surface area contributed by atoms with Crippen LogP contribution in [0, 0.1) is 11.8 Å². The zero-order chi connectivity index (χ0) is 15.3. The molecule has 116 valence electrons. The first-order valence-corrected chi connectivity index (χ1v) is 8.15. The van der Waals surface area contributed by atoms with Gasteiger partial charge in [0.2, 0.25) is 10.0 Å². The molecule has 9 heteroatoms. The van der Waals surface area contributed by atoms with Crippen LogP contribution >= 0.6 is 0 Å². The van der Waals surface area contributed by atoms with E-state index in [0.717, 1.165) is 0 Å². The van der Waals surface area contributed by atoms with E-state index in [9.17, 15) is 18.0 Å². The smallest absolute Gasteiger partial charge is 0.317 e. The van der Waals surface area contributed by atoms with Crippen LogP contribution in [0.1, 0.15) is 13.8 Å². The van der Waals surface area contributed by atoms with Crippen LogP contribution in [0.4, 0.5) is 4.79 Å². The summed E-state index contributed by atoms with van der Waals surface area (Å²) in [5.74, 6) is -1.56. The van der Waals surface area contributed by atoms with E-state index in [0.29, 0.717) is 19.6 Å². The summed E-state index contributed by atoms with van der Waals surface area (Å²) in [4.78, 5) is 23.9. The molecular formula is C11H21N3O5S. The van der Waals surface area contributed by atoms with Crippen LogP contribution in [-0.4, -0.2) is 62.4 Å². The van der Waals surface area contributed by atoms with Crippen LogP contribution in [0.25, 0.3) is 0 Å². The molecule has 0 bridgehead atoms. The molecule has 1 heterocycles. The molecule has 20 heavy (non-hydrogen) atoms. The maximum atomic E-state index is 11.7. The predicted octanol–water partition coefficient (Wildman–Crippen LogP) is -0.712. The van der Waals surface area contributed by atoms with Gasteiger partial charge in [-0.05, 0) is 0 Å². The fourth-order valence-electron chi connectivity index (χ4n) is 1.89. The van der Waals surface area contributed by atoms with E-state index in [1.54, 1.807) is 13.8 Å². The van der Waals surface area contributed by atoms with Gasteiger partial charge in [0.05, 0.1) is 11.7 Å². The molecule has 0 aromatic heterocycles. The van der Waals surface area contributed by atoms with Gasteiger partial charge in [-0.15, -0.1) is 0 Å². The number of urea groups is 1. The van der Waals surface area contributed by atoms with Crippen LogP contribution < -0.4 is 10.0 Å². The number of nitrogens with zero attached hydrogens (tertiary/aromatic N) is 1. The first-order valence-electron chi connectivity index (χ1n) is 6.49. The number of carboxylic acid groups (broad SMARTS) is 1. The van der Waals surface area contributed by atoms with Gasteiger partial charge in [-0.1, -0.05) is 13.8 Å². The zero-order valence-electron chi connectivity index (χ0n) is 11.6. The predicted molar refractivity (Wildman–Crippen MR) is 72.7 cm³/mol. The van der Waals surface area contributed by atoms with E-state index in [1.807, 2.05) is 0 Å². The lowest BCUT2D eigenvalue weighted by molar-refractivity contribution is -0.144. The molecule has 0 aromatic rings. The summed E-state index contributed by atoms with van der Waals surface area (Å²) in [6, 6.07) is -0.356. The molecule has 1 saturated heterocycles. The first kappa shape index (κ1) is 16.7. The van der Waals surface area contributed by atoms with Crippen molar-refractivity contribution in [3.05, 3.63) is 0 Å². The molecule has 1 unspecified atom stereocenters. The Morgan fingerprint density at radius 3 is 2.50 bits per heavy atom. The van der Waals surface area contributed by atoms with Crippen LogP contribution in [0.15, 0.2) is 0 Å². The van der Waals surface area contributed by atoms with Gasteiger partial charge >= 0.3 is 12.0 Å². The van der Waals surface area contributed by atoms with E-state index in [1.165, 1.54) is 4.90 Å². The second kappa shape index (κ2) is 6.89. The maximum absolute atomic E-state index is 11.7. The van der Waals surface area contributed by atoms with Crippen molar-refractivity contribution in [2.45, 2.75) is 13.8 Å². The molecular weight excluding hydrogens is 286 g/mol. The fraction of sp³-hybridized carbons (Fsp3) is 0.818. The van der Waals surface area contributed by atoms with Crippen molar-refractivity contribution in [1.82, 2.24) is 14.9 Å². The summed E-state index contributed by atoms with van der Waals surface area (Å²) in [6.07, 6.45) is 0. The molecule has 1 aliphatic rings. The third-order valence-corrected chi connectivity index (χ3v) is 4.77. The molecule has 0 saturated carbocycles. The quantitative estimate of drug-likeness (QED) is 0.574. The van der Waals surface area contributed by atoms with Gasteiger partial charge in [-0.2, -0.15) is 0 Å². The molecule has 0 aliphatic carbocycles. The number of sulfonamides is 1. The molecule has 1 fully saturated rings. The number of hydrogen-bond donors (Lipinski definition) is 3. The molecule has 0 aromatic carbocycles. The lowest BCUT2D eigenvalue weighted by atomic mass is 9.87. The number of carbonyl (C=O) groups excluding carboxylic acids is 1. The highest BCUT2D eigenvalue weighted by atomic mass is 32.2. The molecule has 3 N–H and O–H groups in total. The van der Waals surface area contributed by atoms with Crippen molar-refractivity contribution in [2.24, 2.45) is 11.8 Å². The van der Waals surface area contributed by atoms with Gasteiger partial charge in [-0.3, -0.25) is 4.79 Å². The fourth-order valence-corrected chi connectivity index (χ4v) is 2.85. The SMILES string of the molecule is CCNS(=O)(=O)CCNC(=O)N1CC(C(C)C(=O)O)C1. The van der Waals surface area contributed by atoms with Gasteiger partial charge < -0.3 is 15.3 Å². The second-order valence-electron chi connectivity index (χ2n) is 4.84. The molecule has 0 radical (unpaired) electrons. The van der Waals surface area contributed by atoms with Crippen molar-refractivity contribution in [3.8, 4) is 0 Å². The summed E-state index contributed by atoms with van der Waals surface area (Å²) >= 11 is 0. The first-order chi connectivity index (χ1) is 9.26. The molecule has 0 spiro atoms. The third kappa shape index (κ3) is 4.64. The Kier molecular flexibility index (Phi) is 5.75. The number of aliphatic carboxylic acids is 1. The average molecular weight is 307 g/mol. The molecule has 1 atom stereocenters. The van der Waals surface area contributed by atoms with E-state index >= 15 is 0 Å². The Labute approximate surface area is 118 Å². The lowest BCUT2D eigenvalue weighted by Gasteiger charge is -2.41. The number of amides is 2. The van der Waals surface area contributed by atoms with E-state index in [2.05, 4.69) is 10.0 Å². The highest BCUT2D eigenvalue weighted by Crippen LogP contribution is 2.23. The Morgan fingerprint density at radius 2 is 2.00 bits per heavy atom. The Morgan fingerprint density at radius 1 is 1.40 bits per heavy atom. The Bertz CT molecular complexity index is 459. The minimum atomic E-state index is -3.34. The largest absolute Gasteiger partial charge is 0.481 e. The molecule has 8 nitrogen and oxygen atoms in total. The summed E-state index contributed by atoms with van der Waals surface area (Å²) in [7, 11) is -3.34. The Hall–Kier alpha value is -1.35. The summed E-state index contributed by atoms with van der Waals surface area (Å²) in [5.41, 5.74) is 0. The van der Waals surface area contributed by atoms with Gasteiger partial charge in [-0.25, -0.2) is 17.9 Å². The number of likely N-dealkylation sites (tertiary alicyclic amines) is 1. The maximum Gasteiger partial charge on any atom is 0.317 e. The minimum absolute atomic E-state index is 0.0316. The van der Waals surface area contributed by atoms with E-state index < -0.39 is 21.9 Å². The topological polar surface area (TPSA) is 116 Å². The molecule has 1 aliphatic heterocycles. The Balaban J connectivity index is 2.25. The van der Waals surface area contributed by atoms with Crippen molar-refractivity contribution in [2.75, 3.05) is 31.9 Å². The van der Waals surface area contributed by atoms with Gasteiger partial charge in [0, 0.05) is 32.1 Å². The summed E-state index contributed by atoms with van der Waals surface area (Å²) in [5, 5.41) is 11.3. The van der Waals surface area contributed by atoms with Crippen LogP contribution in [0.5, 0.6) is 0 Å². The van der Waals surface area contributed by atoms with Crippen molar-refractivity contribution >= 4 is 22.0 Å². The number of hydrogen-bond acceptors (Lipinski definition) is 4. The minimum Gasteiger partial charge on any atom is -0.481 e. The van der Waals surface area contributed by atoms with Crippen molar-refractivity contribution < 1.29 is 23.1 Å². The molecule has 1 rings (SSSR count).